The lowest BCUT2D eigenvalue weighted by Crippen LogP contribution is -1.92. The van der Waals surface area contributed by atoms with E-state index in [4.69, 9.17) is 12.2 Å². The fraction of sp³-hybridized carbons (Fsp3) is 0.696. The molecule has 1 atom stereocenters. The van der Waals surface area contributed by atoms with Crippen LogP contribution < -0.4 is 0 Å². The van der Waals surface area contributed by atoms with Gasteiger partial charge in [0, 0.05) is 5.25 Å². The Hall–Kier alpha value is 0.01000. The molecule has 1 rings (SSSR count). The van der Waals surface area contributed by atoms with Crippen molar-refractivity contribution < 1.29 is 0 Å². The Bertz CT molecular complexity index is 444. The quantitative estimate of drug-likeness (QED) is 0.209. The van der Waals surface area contributed by atoms with Crippen LogP contribution in [0.25, 0.3) is 0 Å². The molecule has 0 N–H and O–H groups in total. The van der Waals surface area contributed by atoms with Crippen LogP contribution >= 0.6 is 35.7 Å². The minimum absolute atomic E-state index is 0.457. The van der Waals surface area contributed by atoms with Gasteiger partial charge in [0.05, 0.1) is 0 Å². The van der Waals surface area contributed by atoms with Crippen molar-refractivity contribution in [3.8, 4) is 0 Å². The van der Waals surface area contributed by atoms with E-state index < -0.39 is 0 Å². The highest BCUT2D eigenvalue weighted by Crippen LogP contribution is 2.33. The monoisotopic (exact) mass is 410 g/mol. The molecule has 148 valence electrons. The maximum atomic E-state index is 5.54. The number of thioether (sulfide) groups is 2. The molecule has 0 nitrogen and oxygen atoms in total. The third kappa shape index (κ3) is 13.2. The lowest BCUT2D eigenvalue weighted by molar-refractivity contribution is 0.548. The van der Waals surface area contributed by atoms with Crippen LogP contribution in [0.4, 0.5) is 0 Å². The predicted molar refractivity (Wildman–Crippen MR) is 129 cm³/mol. The van der Waals surface area contributed by atoms with Gasteiger partial charge in [0.15, 0.2) is 0 Å². The summed E-state index contributed by atoms with van der Waals surface area (Å²) in [7, 11) is 0. The van der Waals surface area contributed by atoms with Gasteiger partial charge in [-0.2, -0.15) is 0 Å². The van der Waals surface area contributed by atoms with Crippen molar-refractivity contribution in [2.24, 2.45) is 0 Å². The van der Waals surface area contributed by atoms with Gasteiger partial charge in [-0.15, -0.1) is 11.8 Å². The Kier molecular flexibility index (Phi) is 15.8. The van der Waals surface area contributed by atoms with Crippen molar-refractivity contribution in [1.29, 1.82) is 0 Å². The number of hydrogen-bond donors (Lipinski definition) is 0. The van der Waals surface area contributed by atoms with Gasteiger partial charge in [0.2, 0.25) is 0 Å². The smallest absolute Gasteiger partial charge is 0.104 e. The van der Waals surface area contributed by atoms with Crippen LogP contribution in [0.1, 0.15) is 102 Å². The van der Waals surface area contributed by atoms with E-state index in [9.17, 15) is 0 Å². The van der Waals surface area contributed by atoms with E-state index in [1.165, 1.54) is 88.4 Å². The van der Waals surface area contributed by atoms with Crippen molar-refractivity contribution in [3.05, 3.63) is 35.9 Å². The highest BCUT2D eigenvalue weighted by molar-refractivity contribution is 8.47. The molecule has 0 bridgehead atoms. The molecule has 0 amide bonds. The van der Waals surface area contributed by atoms with Gasteiger partial charge in [0.25, 0.3) is 0 Å². The largest absolute Gasteiger partial charge is 0.108 e. The normalized spacial score (nSPS) is 12.2. The Morgan fingerprint density at radius 2 is 1.31 bits per heavy atom. The Morgan fingerprint density at radius 1 is 0.808 bits per heavy atom. The lowest BCUT2D eigenvalue weighted by Gasteiger charge is -2.11. The van der Waals surface area contributed by atoms with Gasteiger partial charge in [-0.1, -0.05) is 132 Å². The highest BCUT2D eigenvalue weighted by atomic mass is 32.2. The van der Waals surface area contributed by atoms with Crippen LogP contribution in [0.15, 0.2) is 30.3 Å². The molecular weight excluding hydrogens is 372 g/mol. The average Bonchev–Trinajstić information content (AvgIpc) is 2.66. The van der Waals surface area contributed by atoms with Crippen molar-refractivity contribution in [2.45, 2.75) is 96.1 Å². The van der Waals surface area contributed by atoms with E-state index in [0.29, 0.717) is 5.25 Å². The van der Waals surface area contributed by atoms with Gasteiger partial charge < -0.3 is 0 Å². The number of hydrogen-bond acceptors (Lipinski definition) is 3. The summed E-state index contributed by atoms with van der Waals surface area (Å²) in [6, 6.07) is 10.7. The molecular formula is C23H38S3. The molecule has 1 aromatic rings. The zero-order valence-electron chi connectivity index (χ0n) is 16.9. The fourth-order valence-corrected chi connectivity index (χ4v) is 5.80. The summed E-state index contributed by atoms with van der Waals surface area (Å²) < 4.78 is 1.10. The zero-order valence-corrected chi connectivity index (χ0v) is 19.3. The summed E-state index contributed by atoms with van der Waals surface area (Å²) in [6.07, 6.45) is 16.9. The SMILES string of the molecule is CCCCCCCCCCCCCCSC(=S)SC(C)c1ccccc1. The first-order valence-electron chi connectivity index (χ1n) is 10.6. The van der Waals surface area contributed by atoms with Crippen LogP contribution in [0.2, 0.25) is 0 Å². The van der Waals surface area contributed by atoms with Crippen LogP contribution in [-0.4, -0.2) is 9.28 Å². The van der Waals surface area contributed by atoms with E-state index >= 15 is 0 Å². The van der Waals surface area contributed by atoms with Gasteiger partial charge >= 0.3 is 0 Å². The molecule has 1 aromatic carbocycles. The number of rotatable bonds is 15. The molecule has 26 heavy (non-hydrogen) atoms. The average molecular weight is 411 g/mol. The summed E-state index contributed by atoms with van der Waals surface area (Å²) in [5.74, 6) is 1.19. The fourth-order valence-electron chi connectivity index (χ4n) is 3.07. The summed E-state index contributed by atoms with van der Waals surface area (Å²) in [6.45, 7) is 4.53. The summed E-state index contributed by atoms with van der Waals surface area (Å²) in [5.41, 5.74) is 1.37. The summed E-state index contributed by atoms with van der Waals surface area (Å²) in [4.78, 5) is 0. The maximum absolute atomic E-state index is 5.54. The van der Waals surface area contributed by atoms with Gasteiger partial charge in [-0.05, 0) is 24.7 Å². The lowest BCUT2D eigenvalue weighted by atomic mass is 10.1. The third-order valence-corrected chi connectivity index (χ3v) is 7.59. The van der Waals surface area contributed by atoms with E-state index in [-0.39, 0.29) is 0 Å². The molecule has 0 aliphatic rings. The van der Waals surface area contributed by atoms with Crippen LogP contribution in [0.5, 0.6) is 0 Å². The molecule has 0 saturated heterocycles. The van der Waals surface area contributed by atoms with Crippen LogP contribution in [-0.2, 0) is 0 Å². The molecule has 0 aliphatic carbocycles. The van der Waals surface area contributed by atoms with E-state index in [0.717, 1.165) is 3.53 Å². The van der Waals surface area contributed by atoms with Crippen molar-refractivity contribution in [3.63, 3.8) is 0 Å². The minimum atomic E-state index is 0.457. The summed E-state index contributed by atoms with van der Waals surface area (Å²) in [5, 5.41) is 0.457. The predicted octanol–water partition coefficient (Wildman–Crippen LogP) is 9.20. The second-order valence-electron chi connectivity index (χ2n) is 7.16. The maximum Gasteiger partial charge on any atom is 0.104 e. The molecule has 0 heterocycles. The molecule has 0 fully saturated rings. The Balaban J connectivity index is 1.87. The highest BCUT2D eigenvalue weighted by Gasteiger charge is 2.09. The Labute approximate surface area is 176 Å². The van der Waals surface area contributed by atoms with Gasteiger partial charge in [-0.3, -0.25) is 0 Å². The second kappa shape index (κ2) is 17.1. The molecule has 1 unspecified atom stereocenters. The molecule has 3 heteroatoms. The van der Waals surface area contributed by atoms with E-state index in [2.05, 4.69) is 44.2 Å². The van der Waals surface area contributed by atoms with Crippen LogP contribution in [0.3, 0.4) is 0 Å². The molecule has 0 aliphatic heterocycles. The molecule has 0 radical (unpaired) electrons. The standard InChI is InChI=1S/C23H38S3/c1-3-4-5-6-7-8-9-10-11-12-13-17-20-25-23(24)26-21(2)22-18-15-14-16-19-22/h14-16,18-19,21H,3-13,17,20H2,1-2H3. The van der Waals surface area contributed by atoms with Crippen molar-refractivity contribution >= 4 is 39.3 Å². The number of benzene rings is 1. The number of unbranched alkanes of at least 4 members (excludes halogenated alkanes) is 11. The third-order valence-electron chi connectivity index (χ3n) is 4.76. The topological polar surface area (TPSA) is 0 Å². The second-order valence-corrected chi connectivity index (χ2v) is 10.8. The first-order chi connectivity index (χ1) is 12.7. The molecule has 0 aromatic heterocycles. The first kappa shape index (κ1) is 24.0. The van der Waals surface area contributed by atoms with Crippen LogP contribution in [0, 0.1) is 0 Å². The first-order valence-corrected chi connectivity index (χ1v) is 12.9. The van der Waals surface area contributed by atoms with E-state index in [1.807, 2.05) is 23.5 Å². The molecule has 0 saturated carbocycles. The van der Waals surface area contributed by atoms with Gasteiger partial charge in [0.1, 0.15) is 3.53 Å². The van der Waals surface area contributed by atoms with Crippen molar-refractivity contribution in [2.75, 3.05) is 5.75 Å². The zero-order chi connectivity index (χ0) is 18.9. The van der Waals surface area contributed by atoms with Crippen molar-refractivity contribution in [1.82, 2.24) is 0 Å². The van der Waals surface area contributed by atoms with E-state index in [1.54, 1.807) is 0 Å². The minimum Gasteiger partial charge on any atom is -0.108 e. The molecule has 0 spiro atoms. The summed E-state index contributed by atoms with van der Waals surface area (Å²) >= 11 is 9.25. The van der Waals surface area contributed by atoms with Gasteiger partial charge in [-0.25, -0.2) is 0 Å². The number of thiocarbonyl (C=S) groups is 1. The Morgan fingerprint density at radius 3 is 1.85 bits per heavy atom.